The van der Waals surface area contributed by atoms with Crippen molar-refractivity contribution < 1.29 is 22.4 Å². The summed E-state index contributed by atoms with van der Waals surface area (Å²) in [6.07, 6.45) is -2.15. The molecule has 2 heterocycles. The number of pyridine rings is 1. The summed E-state index contributed by atoms with van der Waals surface area (Å²) in [6.45, 7) is -0.306. The number of halogens is 3. The van der Waals surface area contributed by atoms with Gasteiger partial charge in [-0.05, 0) is 24.3 Å². The van der Waals surface area contributed by atoms with E-state index < -0.39 is 29.8 Å². The first kappa shape index (κ1) is 15.9. The molecule has 0 atom stereocenters. The second kappa shape index (κ2) is 6.08. The van der Waals surface area contributed by atoms with Crippen molar-refractivity contribution in [2.45, 2.75) is 19.3 Å². The highest BCUT2D eigenvalue weighted by Crippen LogP contribution is 2.25. The van der Waals surface area contributed by atoms with Crippen molar-refractivity contribution in [3.05, 3.63) is 58.4 Å². The fourth-order valence-electron chi connectivity index (χ4n) is 1.87. The molecule has 1 amide bonds. The largest absolute Gasteiger partial charge is 0.467 e. The standard InChI is InChI=1S/C14H13F3N2O3/c1-18(8-10-4-3-7-22-10)12(20)9-19-6-2-5-11(13(19)21)14(15,16)17/h2-7H,8-9H2,1H3. The van der Waals surface area contributed by atoms with Crippen molar-refractivity contribution in [3.63, 3.8) is 0 Å². The van der Waals surface area contributed by atoms with Gasteiger partial charge >= 0.3 is 6.18 Å². The molecular weight excluding hydrogens is 301 g/mol. The number of alkyl halides is 3. The summed E-state index contributed by atoms with van der Waals surface area (Å²) in [5.74, 6) is 0.0325. The summed E-state index contributed by atoms with van der Waals surface area (Å²) in [6, 6.07) is 5.10. The van der Waals surface area contributed by atoms with Crippen molar-refractivity contribution in [1.82, 2.24) is 9.47 Å². The lowest BCUT2D eigenvalue weighted by atomic mass is 10.2. The second-order valence-corrected chi connectivity index (χ2v) is 4.68. The number of carbonyl (C=O) groups excluding carboxylic acids is 1. The summed E-state index contributed by atoms with van der Waals surface area (Å²) in [4.78, 5) is 25.0. The van der Waals surface area contributed by atoms with Crippen molar-refractivity contribution in [3.8, 4) is 0 Å². The molecule has 0 unspecified atom stereocenters. The summed E-state index contributed by atoms with van der Waals surface area (Å²) < 4.78 is 43.8. The lowest BCUT2D eigenvalue weighted by molar-refractivity contribution is -0.139. The topological polar surface area (TPSA) is 55.5 Å². The molecule has 0 fully saturated rings. The molecule has 0 aromatic carbocycles. The highest BCUT2D eigenvalue weighted by atomic mass is 19.4. The average Bonchev–Trinajstić information content (AvgIpc) is 2.92. The van der Waals surface area contributed by atoms with Crippen molar-refractivity contribution in [1.29, 1.82) is 0 Å². The number of aromatic nitrogens is 1. The second-order valence-electron chi connectivity index (χ2n) is 4.68. The van der Waals surface area contributed by atoms with Gasteiger partial charge in [-0.1, -0.05) is 0 Å². The number of likely N-dealkylation sites (N-methyl/N-ethyl adjacent to an activating group) is 1. The molecule has 118 valence electrons. The first-order valence-corrected chi connectivity index (χ1v) is 6.32. The molecule has 0 spiro atoms. The van der Waals surface area contributed by atoms with Gasteiger partial charge in [0.2, 0.25) is 5.91 Å². The molecule has 0 saturated heterocycles. The van der Waals surface area contributed by atoms with Crippen molar-refractivity contribution >= 4 is 5.91 Å². The van der Waals surface area contributed by atoms with Gasteiger partial charge in [0.05, 0.1) is 12.8 Å². The van der Waals surface area contributed by atoms with E-state index in [2.05, 4.69) is 0 Å². The van der Waals surface area contributed by atoms with E-state index in [1.54, 1.807) is 12.1 Å². The van der Waals surface area contributed by atoms with E-state index in [9.17, 15) is 22.8 Å². The molecule has 0 radical (unpaired) electrons. The Morgan fingerprint density at radius 2 is 2.05 bits per heavy atom. The highest BCUT2D eigenvalue weighted by molar-refractivity contribution is 5.75. The van der Waals surface area contributed by atoms with Gasteiger partial charge in [-0.15, -0.1) is 0 Å². The number of hydrogen-bond donors (Lipinski definition) is 0. The third-order valence-corrected chi connectivity index (χ3v) is 3.03. The van der Waals surface area contributed by atoms with E-state index in [0.29, 0.717) is 11.8 Å². The molecule has 2 aromatic heterocycles. The summed E-state index contributed by atoms with van der Waals surface area (Å²) in [7, 11) is 1.48. The Balaban J connectivity index is 2.13. The number of hydrogen-bond acceptors (Lipinski definition) is 3. The average molecular weight is 314 g/mol. The molecule has 0 aliphatic rings. The van der Waals surface area contributed by atoms with Gasteiger partial charge in [0.25, 0.3) is 5.56 Å². The maximum atomic E-state index is 12.7. The molecule has 2 aromatic rings. The Morgan fingerprint density at radius 3 is 2.64 bits per heavy atom. The van der Waals surface area contributed by atoms with Gasteiger partial charge in [0.1, 0.15) is 17.9 Å². The SMILES string of the molecule is CN(Cc1ccco1)C(=O)Cn1cccc(C(F)(F)F)c1=O. The van der Waals surface area contributed by atoms with Gasteiger partial charge in [-0.25, -0.2) is 0 Å². The fourth-order valence-corrected chi connectivity index (χ4v) is 1.87. The van der Waals surface area contributed by atoms with Gasteiger partial charge in [-0.3, -0.25) is 9.59 Å². The lowest BCUT2D eigenvalue weighted by Crippen LogP contribution is -2.35. The molecular formula is C14H13F3N2O3. The molecule has 0 aliphatic carbocycles. The third kappa shape index (κ3) is 3.57. The van der Waals surface area contributed by atoms with Crippen LogP contribution in [0.25, 0.3) is 0 Å². The summed E-state index contributed by atoms with van der Waals surface area (Å²) in [5, 5.41) is 0. The highest BCUT2D eigenvalue weighted by Gasteiger charge is 2.34. The number of rotatable bonds is 4. The Labute approximate surface area is 123 Å². The smallest absolute Gasteiger partial charge is 0.421 e. The van der Waals surface area contributed by atoms with Crippen LogP contribution < -0.4 is 5.56 Å². The molecule has 8 heteroatoms. The minimum Gasteiger partial charge on any atom is -0.467 e. The van der Waals surface area contributed by atoms with Gasteiger partial charge in [-0.2, -0.15) is 13.2 Å². The Bertz CT molecular complexity index is 705. The Kier molecular flexibility index (Phi) is 4.39. The van der Waals surface area contributed by atoms with Gasteiger partial charge in [0.15, 0.2) is 0 Å². The van der Waals surface area contributed by atoms with Crippen LogP contribution in [0.3, 0.4) is 0 Å². The Morgan fingerprint density at radius 1 is 1.32 bits per heavy atom. The predicted molar refractivity (Wildman–Crippen MR) is 70.9 cm³/mol. The van der Waals surface area contributed by atoms with Crippen LogP contribution in [0.4, 0.5) is 13.2 Å². The van der Waals surface area contributed by atoms with Crippen LogP contribution in [-0.2, 0) is 24.1 Å². The van der Waals surface area contributed by atoms with Gasteiger partial charge < -0.3 is 13.9 Å². The van der Waals surface area contributed by atoms with Crippen LogP contribution in [0.15, 0.2) is 45.9 Å². The molecule has 0 saturated carbocycles. The normalized spacial score (nSPS) is 11.5. The molecule has 0 bridgehead atoms. The maximum absolute atomic E-state index is 12.7. The maximum Gasteiger partial charge on any atom is 0.421 e. The first-order chi connectivity index (χ1) is 10.3. The summed E-state index contributed by atoms with van der Waals surface area (Å²) >= 11 is 0. The first-order valence-electron chi connectivity index (χ1n) is 6.32. The molecule has 0 N–H and O–H groups in total. The number of nitrogens with zero attached hydrogens (tertiary/aromatic N) is 2. The van der Waals surface area contributed by atoms with Gasteiger partial charge in [0, 0.05) is 13.2 Å². The minimum absolute atomic E-state index is 0.166. The van der Waals surface area contributed by atoms with Crippen LogP contribution in [0.5, 0.6) is 0 Å². The quantitative estimate of drug-likeness (QED) is 0.868. The van der Waals surface area contributed by atoms with E-state index >= 15 is 0 Å². The predicted octanol–water partition coefficient (Wildman–Crippen LogP) is 2.12. The zero-order valence-corrected chi connectivity index (χ0v) is 11.6. The lowest BCUT2D eigenvalue weighted by Gasteiger charge is -2.17. The number of furan rings is 1. The zero-order chi connectivity index (χ0) is 16.3. The minimum atomic E-state index is -4.75. The van der Waals surface area contributed by atoms with Crippen LogP contribution >= 0.6 is 0 Å². The zero-order valence-electron chi connectivity index (χ0n) is 11.6. The number of carbonyl (C=O) groups is 1. The van der Waals surface area contributed by atoms with Crippen LogP contribution in [0.2, 0.25) is 0 Å². The molecule has 2 rings (SSSR count). The van der Waals surface area contributed by atoms with E-state index in [0.717, 1.165) is 16.8 Å². The molecule has 5 nitrogen and oxygen atoms in total. The van der Waals surface area contributed by atoms with E-state index in [-0.39, 0.29) is 6.54 Å². The van der Waals surface area contributed by atoms with Crippen molar-refractivity contribution in [2.75, 3.05) is 7.05 Å². The van der Waals surface area contributed by atoms with Crippen LogP contribution in [0.1, 0.15) is 11.3 Å². The third-order valence-electron chi connectivity index (χ3n) is 3.03. The van der Waals surface area contributed by atoms with E-state index in [1.807, 2.05) is 0 Å². The number of amides is 1. The summed E-state index contributed by atoms with van der Waals surface area (Å²) in [5.41, 5.74) is -2.54. The monoisotopic (exact) mass is 314 g/mol. The Hall–Kier alpha value is -2.51. The van der Waals surface area contributed by atoms with Crippen molar-refractivity contribution in [2.24, 2.45) is 0 Å². The molecule has 22 heavy (non-hydrogen) atoms. The van der Waals surface area contributed by atoms with E-state index in [4.69, 9.17) is 4.42 Å². The van der Waals surface area contributed by atoms with Crippen LogP contribution in [-0.4, -0.2) is 22.4 Å². The van der Waals surface area contributed by atoms with E-state index in [1.165, 1.54) is 18.2 Å². The molecule has 0 aliphatic heterocycles. The fraction of sp³-hybridized carbons (Fsp3) is 0.286. The van der Waals surface area contributed by atoms with Crippen LogP contribution in [0, 0.1) is 0 Å².